The van der Waals surface area contributed by atoms with E-state index in [1.807, 2.05) is 6.07 Å². The highest BCUT2D eigenvalue weighted by atomic mass is 16.3. The SMILES string of the molecule is C1=CC(c2cccc3oc4ccccc4c23)CC=C1N(c1ccc(-c2cc3ccccc3c3ccccc23)cc1)c1ccc(-c2cc3ccccc3c3ccccc23)cc1. The summed E-state index contributed by atoms with van der Waals surface area (Å²) in [5.41, 5.74) is 11.5. The quantitative estimate of drug-likeness (QED) is 0.157. The molecule has 0 fully saturated rings. The molecule has 12 rings (SSSR count). The molecule has 1 aliphatic carbocycles. The van der Waals surface area contributed by atoms with E-state index in [1.165, 1.54) is 81.7 Å². The lowest BCUT2D eigenvalue weighted by Crippen LogP contribution is -2.17. The van der Waals surface area contributed by atoms with E-state index in [4.69, 9.17) is 4.42 Å². The van der Waals surface area contributed by atoms with Gasteiger partial charge in [-0.1, -0.05) is 164 Å². The molecular formula is C58H39NO. The maximum absolute atomic E-state index is 6.28. The second-order valence-corrected chi connectivity index (χ2v) is 16.0. The van der Waals surface area contributed by atoms with Crippen LogP contribution in [0.15, 0.2) is 229 Å². The Morgan fingerprint density at radius 3 is 1.45 bits per heavy atom. The van der Waals surface area contributed by atoms with Crippen LogP contribution >= 0.6 is 0 Å². The molecule has 0 N–H and O–H groups in total. The Labute approximate surface area is 348 Å². The highest BCUT2D eigenvalue weighted by Crippen LogP contribution is 2.42. The number of furan rings is 1. The van der Waals surface area contributed by atoms with Crippen LogP contribution in [0.5, 0.6) is 0 Å². The van der Waals surface area contributed by atoms with E-state index in [1.54, 1.807) is 0 Å². The van der Waals surface area contributed by atoms with Crippen LogP contribution in [-0.2, 0) is 0 Å². The third kappa shape index (κ3) is 5.64. The van der Waals surface area contributed by atoms with Gasteiger partial charge in [0.05, 0.1) is 0 Å². The smallest absolute Gasteiger partial charge is 0.135 e. The molecule has 2 heteroatoms. The van der Waals surface area contributed by atoms with Crippen molar-refractivity contribution in [2.75, 3.05) is 4.90 Å². The van der Waals surface area contributed by atoms with Crippen LogP contribution in [0.4, 0.5) is 11.4 Å². The predicted octanol–water partition coefficient (Wildman–Crippen LogP) is 16.3. The summed E-state index contributed by atoms with van der Waals surface area (Å²) in [6, 6.07) is 72.8. The zero-order valence-corrected chi connectivity index (χ0v) is 32.9. The fourth-order valence-electron chi connectivity index (χ4n) is 9.73. The zero-order chi connectivity index (χ0) is 39.6. The number of hydrogen-bond donors (Lipinski definition) is 0. The number of nitrogens with zero attached hydrogens (tertiary/aromatic N) is 1. The molecule has 60 heavy (non-hydrogen) atoms. The fourth-order valence-corrected chi connectivity index (χ4v) is 9.73. The first-order valence-electron chi connectivity index (χ1n) is 20.9. The Hall–Kier alpha value is -7.68. The van der Waals surface area contributed by atoms with Crippen molar-refractivity contribution in [3.8, 4) is 22.3 Å². The molecule has 0 spiro atoms. The van der Waals surface area contributed by atoms with Gasteiger partial charge in [-0.05, 0) is 132 Å². The Morgan fingerprint density at radius 1 is 0.417 bits per heavy atom. The second kappa shape index (κ2) is 14.0. The van der Waals surface area contributed by atoms with Crippen molar-refractivity contribution >= 4 is 76.4 Å². The molecule has 1 aromatic heterocycles. The van der Waals surface area contributed by atoms with Crippen molar-refractivity contribution in [1.82, 2.24) is 0 Å². The van der Waals surface area contributed by atoms with Gasteiger partial charge in [0, 0.05) is 33.8 Å². The molecule has 1 aliphatic rings. The van der Waals surface area contributed by atoms with Gasteiger partial charge in [-0.25, -0.2) is 0 Å². The number of benzene rings is 10. The highest BCUT2D eigenvalue weighted by Gasteiger charge is 2.22. The molecule has 0 saturated heterocycles. The minimum absolute atomic E-state index is 0.229. The monoisotopic (exact) mass is 765 g/mol. The van der Waals surface area contributed by atoms with Gasteiger partial charge in [0.2, 0.25) is 0 Å². The van der Waals surface area contributed by atoms with E-state index in [0.29, 0.717) is 0 Å². The molecule has 11 aromatic rings. The summed E-state index contributed by atoms with van der Waals surface area (Å²) in [5, 5.41) is 12.5. The lowest BCUT2D eigenvalue weighted by atomic mass is 9.88. The molecule has 2 nitrogen and oxygen atoms in total. The molecule has 1 heterocycles. The van der Waals surface area contributed by atoms with Gasteiger partial charge in [-0.15, -0.1) is 0 Å². The van der Waals surface area contributed by atoms with Crippen molar-refractivity contribution in [2.45, 2.75) is 12.3 Å². The molecule has 0 saturated carbocycles. The van der Waals surface area contributed by atoms with Gasteiger partial charge >= 0.3 is 0 Å². The van der Waals surface area contributed by atoms with Crippen molar-refractivity contribution < 1.29 is 4.42 Å². The number of para-hydroxylation sites is 1. The van der Waals surface area contributed by atoms with Gasteiger partial charge in [-0.2, -0.15) is 0 Å². The van der Waals surface area contributed by atoms with Gasteiger partial charge in [0.1, 0.15) is 11.2 Å². The summed E-state index contributed by atoms with van der Waals surface area (Å²) in [6.45, 7) is 0. The maximum Gasteiger partial charge on any atom is 0.135 e. The van der Waals surface area contributed by atoms with Crippen LogP contribution in [0.2, 0.25) is 0 Å². The van der Waals surface area contributed by atoms with Crippen LogP contribution in [0.1, 0.15) is 17.9 Å². The molecule has 10 aromatic carbocycles. The van der Waals surface area contributed by atoms with Crippen LogP contribution in [0, 0.1) is 0 Å². The third-order valence-electron chi connectivity index (χ3n) is 12.6. The molecule has 0 bridgehead atoms. The third-order valence-corrected chi connectivity index (χ3v) is 12.6. The molecule has 1 unspecified atom stereocenters. The van der Waals surface area contributed by atoms with Gasteiger partial charge in [0.25, 0.3) is 0 Å². The van der Waals surface area contributed by atoms with E-state index >= 15 is 0 Å². The minimum Gasteiger partial charge on any atom is -0.456 e. The van der Waals surface area contributed by atoms with E-state index in [9.17, 15) is 0 Å². The Kier molecular flexibility index (Phi) is 8.02. The first-order valence-corrected chi connectivity index (χ1v) is 20.9. The van der Waals surface area contributed by atoms with Crippen LogP contribution in [0.25, 0.3) is 87.3 Å². The number of allylic oxidation sites excluding steroid dienone is 3. The molecule has 0 amide bonds. The molecular weight excluding hydrogens is 727 g/mol. The molecule has 0 radical (unpaired) electrons. The van der Waals surface area contributed by atoms with Crippen molar-refractivity contribution in [1.29, 1.82) is 0 Å². The van der Waals surface area contributed by atoms with Gasteiger partial charge in [-0.3, -0.25) is 0 Å². The molecule has 0 aliphatic heterocycles. The molecule has 1 atom stereocenters. The maximum atomic E-state index is 6.28. The topological polar surface area (TPSA) is 16.4 Å². The standard InChI is InChI=1S/C58H39NO/c1-3-14-46-41(12-1)36-54(51-18-7-5-16-49(46)51)39-26-32-44(33-27-39)59(43-30-24-38(25-31-43)48-21-11-23-57-58(48)53-20-9-10-22-56(53)60-57)45-34-28-40(29-35-45)55-37-42-13-2-4-15-47(42)50-17-6-8-19-52(50)55/h1-24,26-38H,25H2. The lowest BCUT2D eigenvalue weighted by Gasteiger charge is -2.29. The second-order valence-electron chi connectivity index (χ2n) is 16.0. The highest BCUT2D eigenvalue weighted by molar-refractivity contribution is 6.15. The van der Waals surface area contributed by atoms with E-state index in [0.717, 1.165) is 34.7 Å². The van der Waals surface area contributed by atoms with Crippen molar-refractivity contribution in [2.24, 2.45) is 0 Å². The Balaban J connectivity index is 0.953. The summed E-state index contributed by atoms with van der Waals surface area (Å²) in [7, 11) is 0. The summed E-state index contributed by atoms with van der Waals surface area (Å²) in [4.78, 5) is 2.41. The van der Waals surface area contributed by atoms with Gasteiger partial charge < -0.3 is 9.32 Å². The normalized spacial score (nSPS) is 14.1. The number of hydrogen-bond acceptors (Lipinski definition) is 2. The van der Waals surface area contributed by atoms with E-state index < -0.39 is 0 Å². The number of rotatable bonds is 6. The van der Waals surface area contributed by atoms with E-state index in [2.05, 4.69) is 217 Å². The summed E-state index contributed by atoms with van der Waals surface area (Å²) in [5.74, 6) is 0.229. The fraction of sp³-hybridized carbons (Fsp3) is 0.0345. The lowest BCUT2D eigenvalue weighted by molar-refractivity contribution is 0.668. The number of anilines is 2. The number of fused-ring (bicyclic) bond motifs is 9. The molecule has 282 valence electrons. The summed E-state index contributed by atoms with van der Waals surface area (Å²) < 4.78 is 6.28. The largest absolute Gasteiger partial charge is 0.456 e. The zero-order valence-electron chi connectivity index (χ0n) is 32.9. The predicted molar refractivity (Wildman–Crippen MR) is 254 cm³/mol. The summed E-state index contributed by atoms with van der Waals surface area (Å²) in [6.07, 6.45) is 7.97. The van der Waals surface area contributed by atoms with Crippen LogP contribution in [-0.4, -0.2) is 0 Å². The van der Waals surface area contributed by atoms with Crippen LogP contribution in [0.3, 0.4) is 0 Å². The van der Waals surface area contributed by atoms with Crippen molar-refractivity contribution in [3.05, 3.63) is 230 Å². The average molecular weight is 766 g/mol. The average Bonchev–Trinajstić information content (AvgIpc) is 3.71. The minimum atomic E-state index is 0.229. The Morgan fingerprint density at radius 2 is 0.900 bits per heavy atom. The van der Waals surface area contributed by atoms with Gasteiger partial charge in [0.15, 0.2) is 0 Å². The van der Waals surface area contributed by atoms with Crippen LogP contribution < -0.4 is 4.90 Å². The van der Waals surface area contributed by atoms with Crippen molar-refractivity contribution in [3.63, 3.8) is 0 Å². The summed E-state index contributed by atoms with van der Waals surface area (Å²) >= 11 is 0. The Bertz CT molecular complexity index is 3350. The van der Waals surface area contributed by atoms with E-state index in [-0.39, 0.29) is 5.92 Å². The first-order chi connectivity index (χ1) is 29.7. The first kappa shape index (κ1) is 34.4.